The molecule has 2 atom stereocenters. The molecule has 0 aromatic heterocycles. The monoisotopic (exact) mass is 228 g/mol. The first-order valence-corrected chi connectivity index (χ1v) is 5.67. The minimum atomic E-state index is -0.818. The zero-order valence-electron chi connectivity index (χ0n) is 9.90. The number of carbonyl (C=O) groups excluding carboxylic acids is 1. The van der Waals surface area contributed by atoms with Crippen molar-refractivity contribution in [2.45, 2.75) is 26.7 Å². The molecule has 1 heterocycles. The number of rotatable bonds is 4. The van der Waals surface area contributed by atoms with Gasteiger partial charge in [0.2, 0.25) is 5.91 Å². The van der Waals surface area contributed by atoms with Crippen LogP contribution in [0, 0.1) is 11.3 Å². The maximum Gasteiger partial charge on any atom is 0.308 e. The largest absolute Gasteiger partial charge is 0.481 e. The van der Waals surface area contributed by atoms with E-state index in [1.165, 1.54) is 0 Å². The van der Waals surface area contributed by atoms with Gasteiger partial charge in [0.25, 0.3) is 0 Å². The number of carbonyl (C=O) groups is 2. The minimum absolute atomic E-state index is 0.0127. The summed E-state index contributed by atoms with van der Waals surface area (Å²) in [7, 11) is 0. The van der Waals surface area contributed by atoms with E-state index in [1.54, 1.807) is 4.90 Å². The highest BCUT2D eigenvalue weighted by Crippen LogP contribution is 2.26. The Hall–Kier alpha value is -1.10. The minimum Gasteiger partial charge on any atom is -0.481 e. The molecule has 2 unspecified atom stereocenters. The molecule has 0 aliphatic carbocycles. The van der Waals surface area contributed by atoms with Crippen LogP contribution in [0.5, 0.6) is 0 Å². The predicted molar refractivity (Wildman–Crippen MR) is 59.8 cm³/mol. The summed E-state index contributed by atoms with van der Waals surface area (Å²) in [5.74, 6) is -1.25. The molecule has 0 saturated carbocycles. The summed E-state index contributed by atoms with van der Waals surface area (Å²) in [4.78, 5) is 24.6. The van der Waals surface area contributed by atoms with Gasteiger partial charge in [-0.15, -0.1) is 0 Å². The van der Waals surface area contributed by atoms with Gasteiger partial charge in [0.05, 0.1) is 11.3 Å². The van der Waals surface area contributed by atoms with Crippen molar-refractivity contribution in [3.05, 3.63) is 0 Å². The van der Waals surface area contributed by atoms with Gasteiger partial charge < -0.3 is 15.7 Å². The molecule has 1 aliphatic heterocycles. The Balaban J connectivity index is 2.67. The molecule has 1 fully saturated rings. The molecule has 5 heteroatoms. The second-order valence-electron chi connectivity index (χ2n) is 4.69. The summed E-state index contributed by atoms with van der Waals surface area (Å²) in [6.07, 6.45) is 1.22. The Labute approximate surface area is 95.6 Å². The quantitative estimate of drug-likeness (QED) is 0.724. The summed E-state index contributed by atoms with van der Waals surface area (Å²) in [6, 6.07) is 0. The van der Waals surface area contributed by atoms with Gasteiger partial charge in [0.15, 0.2) is 0 Å². The first kappa shape index (κ1) is 13.0. The zero-order valence-corrected chi connectivity index (χ0v) is 9.90. The molecule has 0 aromatic rings. The third kappa shape index (κ3) is 2.35. The van der Waals surface area contributed by atoms with Crippen LogP contribution in [-0.2, 0) is 9.59 Å². The number of hydrogen-bond donors (Lipinski definition) is 2. The predicted octanol–water partition coefficient (Wildman–Crippen LogP) is 0.295. The lowest BCUT2D eigenvalue weighted by molar-refractivity contribution is -0.142. The van der Waals surface area contributed by atoms with Crippen molar-refractivity contribution in [3.63, 3.8) is 0 Å². The molecule has 0 spiro atoms. The van der Waals surface area contributed by atoms with Gasteiger partial charge in [-0.1, -0.05) is 6.92 Å². The van der Waals surface area contributed by atoms with E-state index in [2.05, 4.69) is 0 Å². The van der Waals surface area contributed by atoms with Gasteiger partial charge in [0.1, 0.15) is 0 Å². The highest BCUT2D eigenvalue weighted by molar-refractivity contribution is 5.84. The first-order chi connectivity index (χ1) is 7.44. The molecule has 16 heavy (non-hydrogen) atoms. The van der Waals surface area contributed by atoms with Gasteiger partial charge in [-0.25, -0.2) is 0 Å². The fourth-order valence-electron chi connectivity index (χ4n) is 1.91. The average Bonchev–Trinajstić information content (AvgIpc) is 2.76. The van der Waals surface area contributed by atoms with E-state index < -0.39 is 17.3 Å². The molecule has 3 N–H and O–H groups in total. The molecule has 0 radical (unpaired) electrons. The van der Waals surface area contributed by atoms with E-state index >= 15 is 0 Å². The number of nitrogens with two attached hydrogens (primary N) is 1. The van der Waals surface area contributed by atoms with Gasteiger partial charge in [0, 0.05) is 19.6 Å². The lowest BCUT2D eigenvalue weighted by atomic mass is 9.86. The summed E-state index contributed by atoms with van der Waals surface area (Å²) in [6.45, 7) is 4.92. The van der Waals surface area contributed by atoms with Crippen LogP contribution >= 0.6 is 0 Å². The van der Waals surface area contributed by atoms with Crippen LogP contribution in [0.2, 0.25) is 0 Å². The van der Waals surface area contributed by atoms with Crippen molar-refractivity contribution in [1.82, 2.24) is 4.90 Å². The Morgan fingerprint density at radius 1 is 1.56 bits per heavy atom. The summed E-state index contributed by atoms with van der Waals surface area (Å²) >= 11 is 0. The van der Waals surface area contributed by atoms with Crippen molar-refractivity contribution in [2.75, 3.05) is 19.6 Å². The van der Waals surface area contributed by atoms with Crippen LogP contribution in [0.15, 0.2) is 0 Å². The van der Waals surface area contributed by atoms with Crippen LogP contribution in [0.3, 0.4) is 0 Å². The van der Waals surface area contributed by atoms with Crippen LogP contribution in [0.25, 0.3) is 0 Å². The third-order valence-corrected chi connectivity index (χ3v) is 3.57. The zero-order chi connectivity index (χ0) is 12.3. The van der Waals surface area contributed by atoms with Crippen LogP contribution in [0.4, 0.5) is 0 Å². The molecular formula is C11H20N2O3. The number of carboxylic acid groups (broad SMARTS) is 1. The number of carboxylic acids is 1. The molecule has 1 saturated heterocycles. The second kappa shape index (κ2) is 4.82. The number of hydrogen-bond acceptors (Lipinski definition) is 3. The molecule has 0 bridgehead atoms. The normalized spacial score (nSPS) is 24.2. The van der Waals surface area contributed by atoms with Crippen LogP contribution < -0.4 is 5.73 Å². The summed E-state index contributed by atoms with van der Waals surface area (Å²) < 4.78 is 0. The van der Waals surface area contributed by atoms with E-state index in [1.807, 2.05) is 13.8 Å². The smallest absolute Gasteiger partial charge is 0.308 e. The standard InChI is InChI=1S/C11H20N2O3/c1-3-11(2,7-12)10(16)13-5-4-8(6-13)9(14)15/h8H,3-7,12H2,1-2H3,(H,14,15). The molecule has 1 amide bonds. The van der Waals surface area contributed by atoms with E-state index in [-0.39, 0.29) is 5.91 Å². The maximum atomic E-state index is 12.2. The lowest BCUT2D eigenvalue weighted by Crippen LogP contribution is -2.45. The van der Waals surface area contributed by atoms with Crippen molar-refractivity contribution >= 4 is 11.9 Å². The number of amides is 1. The average molecular weight is 228 g/mol. The maximum absolute atomic E-state index is 12.2. The van der Waals surface area contributed by atoms with Crippen molar-refractivity contribution in [3.8, 4) is 0 Å². The number of aliphatic carboxylic acids is 1. The van der Waals surface area contributed by atoms with Crippen LogP contribution in [-0.4, -0.2) is 41.5 Å². The van der Waals surface area contributed by atoms with Gasteiger partial charge in [-0.3, -0.25) is 9.59 Å². The third-order valence-electron chi connectivity index (χ3n) is 3.57. The summed E-state index contributed by atoms with van der Waals surface area (Å²) in [5, 5.41) is 8.87. The van der Waals surface area contributed by atoms with Gasteiger partial charge in [-0.2, -0.15) is 0 Å². The molecule has 1 rings (SSSR count). The SMILES string of the molecule is CCC(C)(CN)C(=O)N1CCC(C(=O)O)C1. The van der Waals surface area contributed by atoms with Crippen LogP contribution in [0.1, 0.15) is 26.7 Å². The Bertz CT molecular complexity index is 287. The topological polar surface area (TPSA) is 83.6 Å². The van der Waals surface area contributed by atoms with E-state index in [0.29, 0.717) is 32.5 Å². The van der Waals surface area contributed by atoms with Crippen molar-refractivity contribution < 1.29 is 14.7 Å². The summed E-state index contributed by atoms with van der Waals surface area (Å²) in [5.41, 5.74) is 5.07. The van der Waals surface area contributed by atoms with Crippen molar-refractivity contribution in [2.24, 2.45) is 17.1 Å². The molecule has 1 aliphatic rings. The molecule has 5 nitrogen and oxygen atoms in total. The van der Waals surface area contributed by atoms with Gasteiger partial charge >= 0.3 is 5.97 Å². The lowest BCUT2D eigenvalue weighted by Gasteiger charge is -2.30. The Morgan fingerprint density at radius 2 is 2.19 bits per heavy atom. The highest BCUT2D eigenvalue weighted by atomic mass is 16.4. The van der Waals surface area contributed by atoms with E-state index in [0.717, 1.165) is 0 Å². The number of likely N-dealkylation sites (tertiary alicyclic amines) is 1. The Morgan fingerprint density at radius 3 is 2.56 bits per heavy atom. The van der Waals surface area contributed by atoms with E-state index in [9.17, 15) is 9.59 Å². The fraction of sp³-hybridized carbons (Fsp3) is 0.818. The molecular weight excluding hydrogens is 208 g/mol. The molecule has 92 valence electrons. The Kier molecular flexibility index (Phi) is 3.91. The number of nitrogens with zero attached hydrogens (tertiary/aromatic N) is 1. The second-order valence-corrected chi connectivity index (χ2v) is 4.69. The van der Waals surface area contributed by atoms with E-state index in [4.69, 9.17) is 10.8 Å². The van der Waals surface area contributed by atoms with Crippen molar-refractivity contribution in [1.29, 1.82) is 0 Å². The fourth-order valence-corrected chi connectivity index (χ4v) is 1.91. The van der Waals surface area contributed by atoms with Gasteiger partial charge in [-0.05, 0) is 19.8 Å². The highest BCUT2D eigenvalue weighted by Gasteiger charge is 2.38. The molecule has 0 aromatic carbocycles. The first-order valence-electron chi connectivity index (χ1n) is 5.67.